The molecular weight excluding hydrogens is 244 g/mol. The van der Waals surface area contributed by atoms with Crippen molar-refractivity contribution in [2.24, 2.45) is 0 Å². The zero-order chi connectivity index (χ0) is 13.8. The van der Waals surface area contributed by atoms with Gasteiger partial charge in [-0.2, -0.15) is 0 Å². The molecule has 2 amide bonds. The molecule has 1 aliphatic rings. The van der Waals surface area contributed by atoms with Gasteiger partial charge in [0, 0.05) is 0 Å². The lowest BCUT2D eigenvalue weighted by atomic mass is 10.00. The Bertz CT molecular complexity index is 470. The number of aromatic hydroxyl groups is 1. The minimum atomic E-state index is -0.675. The van der Waals surface area contributed by atoms with Gasteiger partial charge in [0.15, 0.2) is 0 Å². The van der Waals surface area contributed by atoms with Crippen molar-refractivity contribution in [1.29, 1.82) is 0 Å². The third-order valence-electron chi connectivity index (χ3n) is 3.25. The number of nitrogens with one attached hydrogen (secondary N) is 2. The highest BCUT2D eigenvalue weighted by molar-refractivity contribution is 5.97. The van der Waals surface area contributed by atoms with Crippen LogP contribution in [0.15, 0.2) is 24.3 Å². The van der Waals surface area contributed by atoms with Crippen LogP contribution >= 0.6 is 0 Å². The van der Waals surface area contributed by atoms with Gasteiger partial charge in [-0.15, -0.1) is 0 Å². The van der Waals surface area contributed by atoms with Crippen molar-refractivity contribution in [1.82, 2.24) is 10.6 Å². The van der Waals surface area contributed by atoms with E-state index in [0.717, 1.165) is 12.8 Å². The van der Waals surface area contributed by atoms with Crippen LogP contribution in [0.2, 0.25) is 0 Å². The van der Waals surface area contributed by atoms with Crippen molar-refractivity contribution in [2.75, 3.05) is 0 Å². The van der Waals surface area contributed by atoms with Crippen molar-refractivity contribution in [3.05, 3.63) is 29.8 Å². The smallest absolute Gasteiger partial charge is 0.247 e. The molecule has 102 valence electrons. The third-order valence-corrected chi connectivity index (χ3v) is 3.25. The summed E-state index contributed by atoms with van der Waals surface area (Å²) >= 11 is 0. The number of phenols is 1. The van der Waals surface area contributed by atoms with E-state index in [1.54, 1.807) is 12.1 Å². The molecule has 1 saturated heterocycles. The zero-order valence-corrected chi connectivity index (χ0v) is 10.8. The maximum Gasteiger partial charge on any atom is 0.247 e. The molecule has 1 heterocycles. The molecule has 2 rings (SSSR count). The van der Waals surface area contributed by atoms with Crippen LogP contribution < -0.4 is 10.6 Å². The van der Waals surface area contributed by atoms with E-state index < -0.39 is 12.1 Å². The normalized spacial score (nSPS) is 22.8. The lowest BCUT2D eigenvalue weighted by molar-refractivity contribution is -0.137. The lowest BCUT2D eigenvalue weighted by Crippen LogP contribution is -2.57. The standard InChI is InChI=1S/C14H18N2O3/c1-2-3-4-11-13(18)16-12(14(19)15-11)9-5-7-10(17)8-6-9/h5-8,11-12,17H,2-4H2,1H3,(H,15,19)(H,16,18)/t11-,12+/m0/s1. The van der Waals surface area contributed by atoms with Crippen LogP contribution in [0.3, 0.4) is 0 Å². The fraction of sp³-hybridized carbons (Fsp3) is 0.429. The second-order valence-corrected chi connectivity index (χ2v) is 4.74. The predicted octanol–water partition coefficient (Wildman–Crippen LogP) is 1.24. The van der Waals surface area contributed by atoms with Gasteiger partial charge in [0.2, 0.25) is 11.8 Å². The first-order valence-electron chi connectivity index (χ1n) is 6.51. The second kappa shape index (κ2) is 5.73. The molecular formula is C14H18N2O3. The number of hydrogen-bond donors (Lipinski definition) is 3. The van der Waals surface area contributed by atoms with Crippen molar-refractivity contribution >= 4 is 11.8 Å². The van der Waals surface area contributed by atoms with Crippen LogP contribution in [0.5, 0.6) is 5.75 Å². The molecule has 5 heteroatoms. The monoisotopic (exact) mass is 262 g/mol. The van der Waals surface area contributed by atoms with Gasteiger partial charge in [0.05, 0.1) is 0 Å². The van der Waals surface area contributed by atoms with E-state index >= 15 is 0 Å². The number of amides is 2. The maximum absolute atomic E-state index is 12.0. The Labute approximate surface area is 112 Å². The molecule has 0 aromatic heterocycles. The summed E-state index contributed by atoms with van der Waals surface area (Å²) < 4.78 is 0. The Balaban J connectivity index is 2.08. The second-order valence-electron chi connectivity index (χ2n) is 4.74. The Morgan fingerprint density at radius 3 is 2.42 bits per heavy atom. The van der Waals surface area contributed by atoms with Crippen molar-refractivity contribution in [3.63, 3.8) is 0 Å². The van der Waals surface area contributed by atoms with Crippen LogP contribution in [-0.4, -0.2) is 23.0 Å². The van der Waals surface area contributed by atoms with Crippen LogP contribution in [0, 0.1) is 0 Å². The van der Waals surface area contributed by atoms with Gasteiger partial charge in [-0.1, -0.05) is 31.9 Å². The minimum Gasteiger partial charge on any atom is -0.508 e. The van der Waals surface area contributed by atoms with Gasteiger partial charge in [-0.25, -0.2) is 0 Å². The van der Waals surface area contributed by atoms with Crippen molar-refractivity contribution in [2.45, 2.75) is 38.3 Å². The van der Waals surface area contributed by atoms with E-state index in [2.05, 4.69) is 10.6 Å². The molecule has 1 fully saturated rings. The molecule has 1 aromatic carbocycles. The number of carbonyl (C=O) groups excluding carboxylic acids is 2. The van der Waals surface area contributed by atoms with Crippen LogP contribution in [-0.2, 0) is 9.59 Å². The molecule has 5 nitrogen and oxygen atoms in total. The molecule has 19 heavy (non-hydrogen) atoms. The number of benzene rings is 1. The quantitative estimate of drug-likeness (QED) is 0.764. The van der Waals surface area contributed by atoms with Crippen molar-refractivity contribution in [3.8, 4) is 5.75 Å². The molecule has 2 atom stereocenters. The van der Waals surface area contributed by atoms with Gasteiger partial charge in [0.1, 0.15) is 17.8 Å². The first-order chi connectivity index (χ1) is 9.11. The topological polar surface area (TPSA) is 78.4 Å². The fourth-order valence-electron chi connectivity index (χ4n) is 2.14. The number of phenolic OH excluding ortho intramolecular Hbond substituents is 1. The summed E-state index contributed by atoms with van der Waals surface area (Å²) in [6.07, 6.45) is 2.56. The summed E-state index contributed by atoms with van der Waals surface area (Å²) in [4.78, 5) is 23.9. The molecule has 0 saturated carbocycles. The molecule has 3 N–H and O–H groups in total. The van der Waals surface area contributed by atoms with Gasteiger partial charge < -0.3 is 15.7 Å². The average molecular weight is 262 g/mol. The Kier molecular flexibility index (Phi) is 4.04. The molecule has 1 aromatic rings. The third kappa shape index (κ3) is 3.05. The number of unbranched alkanes of at least 4 members (excludes halogenated alkanes) is 1. The van der Waals surface area contributed by atoms with E-state index in [0.29, 0.717) is 12.0 Å². The molecule has 0 spiro atoms. The largest absolute Gasteiger partial charge is 0.508 e. The lowest BCUT2D eigenvalue weighted by Gasteiger charge is -2.29. The van der Waals surface area contributed by atoms with E-state index in [-0.39, 0.29) is 17.6 Å². The highest BCUT2D eigenvalue weighted by Gasteiger charge is 2.33. The molecule has 0 unspecified atom stereocenters. The van der Waals surface area contributed by atoms with Gasteiger partial charge in [-0.3, -0.25) is 9.59 Å². The number of carbonyl (C=O) groups is 2. The van der Waals surface area contributed by atoms with Crippen LogP contribution in [0.25, 0.3) is 0 Å². The SMILES string of the molecule is CCCC[C@@H]1NC(=O)[C@@H](c2ccc(O)cc2)NC1=O. The predicted molar refractivity (Wildman–Crippen MR) is 70.4 cm³/mol. The number of hydrogen-bond acceptors (Lipinski definition) is 3. The summed E-state index contributed by atoms with van der Waals surface area (Å²) in [6.45, 7) is 2.04. The average Bonchev–Trinajstić information content (AvgIpc) is 2.40. The molecule has 1 aliphatic heterocycles. The summed E-state index contributed by atoms with van der Waals surface area (Å²) in [7, 11) is 0. The highest BCUT2D eigenvalue weighted by atomic mass is 16.3. The molecule has 0 bridgehead atoms. The number of piperazine rings is 1. The van der Waals surface area contributed by atoms with E-state index in [4.69, 9.17) is 0 Å². The molecule has 0 aliphatic carbocycles. The van der Waals surface area contributed by atoms with Crippen LogP contribution in [0.1, 0.15) is 37.8 Å². The zero-order valence-electron chi connectivity index (χ0n) is 10.8. The minimum absolute atomic E-state index is 0.132. The maximum atomic E-state index is 12.0. The highest BCUT2D eigenvalue weighted by Crippen LogP contribution is 2.20. The van der Waals surface area contributed by atoms with Crippen molar-refractivity contribution < 1.29 is 14.7 Å². The Hall–Kier alpha value is -2.04. The van der Waals surface area contributed by atoms with Gasteiger partial charge >= 0.3 is 0 Å². The van der Waals surface area contributed by atoms with Gasteiger partial charge in [0.25, 0.3) is 0 Å². The summed E-state index contributed by atoms with van der Waals surface area (Å²) in [6, 6.07) is 5.15. The Morgan fingerprint density at radius 1 is 1.11 bits per heavy atom. The summed E-state index contributed by atoms with van der Waals surface area (Å²) in [5, 5.41) is 14.7. The van der Waals surface area contributed by atoms with Gasteiger partial charge in [-0.05, 0) is 24.1 Å². The van der Waals surface area contributed by atoms with E-state index in [9.17, 15) is 14.7 Å². The van der Waals surface area contributed by atoms with Crippen LogP contribution in [0.4, 0.5) is 0 Å². The summed E-state index contributed by atoms with van der Waals surface area (Å²) in [5.74, 6) is -0.218. The Morgan fingerprint density at radius 2 is 1.79 bits per heavy atom. The first-order valence-corrected chi connectivity index (χ1v) is 6.51. The fourth-order valence-corrected chi connectivity index (χ4v) is 2.14. The van der Waals surface area contributed by atoms with E-state index in [1.807, 2.05) is 6.92 Å². The number of rotatable bonds is 4. The van der Waals surface area contributed by atoms with E-state index in [1.165, 1.54) is 12.1 Å². The summed E-state index contributed by atoms with van der Waals surface area (Å²) in [5.41, 5.74) is 0.664. The molecule has 0 radical (unpaired) electrons. The first kappa shape index (κ1) is 13.4.